The van der Waals surface area contributed by atoms with Crippen molar-refractivity contribution in [1.29, 1.82) is 0 Å². The van der Waals surface area contributed by atoms with Gasteiger partial charge < -0.3 is 0 Å². The first kappa shape index (κ1) is 41.0. The van der Waals surface area contributed by atoms with E-state index in [0.717, 1.165) is 5.92 Å². The third-order valence-electron chi connectivity index (χ3n) is 9.85. The lowest BCUT2D eigenvalue weighted by Crippen LogP contribution is -1.95. The van der Waals surface area contributed by atoms with Crippen LogP contribution < -0.4 is 0 Å². The number of hydrogen-bond acceptors (Lipinski definition) is 0. The average molecular weight is 577 g/mol. The molecule has 0 heteroatoms. The Bertz CT molecular complexity index is 426. The monoisotopic (exact) mass is 577 g/mol. The van der Waals surface area contributed by atoms with Crippen LogP contribution in [0, 0.1) is 5.92 Å². The molecule has 248 valence electrons. The van der Waals surface area contributed by atoms with Crippen molar-refractivity contribution in [3.8, 4) is 0 Å². The maximum absolute atomic E-state index is 2.51. The summed E-state index contributed by atoms with van der Waals surface area (Å²) in [7, 11) is 0. The summed E-state index contributed by atoms with van der Waals surface area (Å²) in [4.78, 5) is 0. The van der Waals surface area contributed by atoms with E-state index in [1.165, 1.54) is 238 Å². The largest absolute Gasteiger partial charge is 0.0654 e. The maximum atomic E-state index is 2.51. The molecule has 0 aliphatic carbocycles. The van der Waals surface area contributed by atoms with Crippen molar-refractivity contribution in [1.82, 2.24) is 0 Å². The molecule has 0 heterocycles. The van der Waals surface area contributed by atoms with Crippen molar-refractivity contribution in [3.63, 3.8) is 0 Å². The SMILES string of the molecule is CCCCCCCCCCCCCCCCCCCCCCCCCCC(C)CCCCCCCCCCCCC. The Kier molecular flexibility index (Phi) is 38.0. The fourth-order valence-corrected chi connectivity index (χ4v) is 6.76. The molecule has 1 atom stereocenters. The minimum atomic E-state index is 0.966. The Hall–Kier alpha value is 0. The predicted octanol–water partition coefficient (Wildman–Crippen LogP) is 16.1. The van der Waals surface area contributed by atoms with Gasteiger partial charge in [-0.05, 0) is 5.92 Å². The third-order valence-corrected chi connectivity index (χ3v) is 9.85. The van der Waals surface area contributed by atoms with Crippen molar-refractivity contribution in [3.05, 3.63) is 0 Å². The Balaban J connectivity index is 3.11. The van der Waals surface area contributed by atoms with Crippen molar-refractivity contribution in [2.75, 3.05) is 0 Å². The number of unbranched alkanes of at least 4 members (excludes halogenated alkanes) is 33. The molecule has 0 bridgehead atoms. The first-order chi connectivity index (χ1) is 20.3. The van der Waals surface area contributed by atoms with E-state index in [1.807, 2.05) is 0 Å². The lowest BCUT2D eigenvalue weighted by atomic mass is 9.95. The van der Waals surface area contributed by atoms with Gasteiger partial charge in [0.25, 0.3) is 0 Å². The Morgan fingerprint density at radius 2 is 0.366 bits per heavy atom. The van der Waals surface area contributed by atoms with Gasteiger partial charge in [-0.2, -0.15) is 0 Å². The molecule has 0 N–H and O–H groups in total. The second-order valence-corrected chi connectivity index (χ2v) is 14.3. The van der Waals surface area contributed by atoms with Gasteiger partial charge >= 0.3 is 0 Å². The van der Waals surface area contributed by atoms with E-state index in [9.17, 15) is 0 Å². The molecule has 0 saturated heterocycles. The number of hydrogen-bond donors (Lipinski definition) is 0. The molecule has 0 spiro atoms. The molecule has 0 rings (SSSR count). The first-order valence-electron chi connectivity index (χ1n) is 20.3. The van der Waals surface area contributed by atoms with E-state index >= 15 is 0 Å². The molecule has 0 nitrogen and oxygen atoms in total. The summed E-state index contributed by atoms with van der Waals surface area (Å²) in [5, 5.41) is 0. The smallest absolute Gasteiger partial charge is 0.0443 e. The minimum Gasteiger partial charge on any atom is -0.0654 e. The molecule has 0 aliphatic heterocycles. The highest BCUT2D eigenvalue weighted by atomic mass is 14.1. The van der Waals surface area contributed by atoms with E-state index < -0.39 is 0 Å². The quantitative estimate of drug-likeness (QED) is 0.0645. The van der Waals surface area contributed by atoms with Crippen LogP contribution in [0.1, 0.15) is 258 Å². The van der Waals surface area contributed by atoms with E-state index in [0.29, 0.717) is 0 Å². The van der Waals surface area contributed by atoms with Crippen LogP contribution in [0.25, 0.3) is 0 Å². The molecule has 0 aromatic heterocycles. The second kappa shape index (κ2) is 38.0. The topological polar surface area (TPSA) is 0 Å². The van der Waals surface area contributed by atoms with Gasteiger partial charge in [-0.25, -0.2) is 0 Å². The summed E-state index contributed by atoms with van der Waals surface area (Å²) < 4.78 is 0. The van der Waals surface area contributed by atoms with Crippen LogP contribution in [-0.2, 0) is 0 Å². The van der Waals surface area contributed by atoms with Crippen molar-refractivity contribution in [2.45, 2.75) is 258 Å². The molecule has 0 aromatic carbocycles. The highest BCUT2D eigenvalue weighted by Crippen LogP contribution is 2.20. The van der Waals surface area contributed by atoms with Gasteiger partial charge in [0.15, 0.2) is 0 Å². The highest BCUT2D eigenvalue weighted by molar-refractivity contribution is 4.57. The summed E-state index contributed by atoms with van der Waals surface area (Å²) in [5.41, 5.74) is 0. The van der Waals surface area contributed by atoms with Crippen molar-refractivity contribution < 1.29 is 0 Å². The van der Waals surface area contributed by atoms with Gasteiger partial charge in [-0.3, -0.25) is 0 Å². The van der Waals surface area contributed by atoms with Gasteiger partial charge in [0.2, 0.25) is 0 Å². The predicted molar refractivity (Wildman–Crippen MR) is 191 cm³/mol. The molecule has 0 radical (unpaired) electrons. The van der Waals surface area contributed by atoms with Crippen LogP contribution in [0.2, 0.25) is 0 Å². The van der Waals surface area contributed by atoms with Crippen LogP contribution in [0.3, 0.4) is 0 Å². The van der Waals surface area contributed by atoms with E-state index in [-0.39, 0.29) is 0 Å². The lowest BCUT2D eigenvalue weighted by molar-refractivity contribution is 0.429. The minimum absolute atomic E-state index is 0.966. The third kappa shape index (κ3) is 38.0. The first-order valence-corrected chi connectivity index (χ1v) is 20.3. The van der Waals surface area contributed by atoms with Crippen molar-refractivity contribution in [2.24, 2.45) is 5.92 Å². The average Bonchev–Trinajstić information content (AvgIpc) is 2.98. The zero-order valence-electron chi connectivity index (χ0n) is 29.7. The van der Waals surface area contributed by atoms with E-state index in [1.54, 1.807) is 0 Å². The van der Waals surface area contributed by atoms with E-state index in [4.69, 9.17) is 0 Å². The molecular formula is C41H84. The lowest BCUT2D eigenvalue weighted by Gasteiger charge is -2.11. The Morgan fingerprint density at radius 3 is 0.537 bits per heavy atom. The van der Waals surface area contributed by atoms with Crippen LogP contribution in [-0.4, -0.2) is 0 Å². The summed E-state index contributed by atoms with van der Waals surface area (Å²) in [5.74, 6) is 0.966. The van der Waals surface area contributed by atoms with Crippen LogP contribution in [0.15, 0.2) is 0 Å². The van der Waals surface area contributed by atoms with Gasteiger partial charge in [-0.1, -0.05) is 258 Å². The van der Waals surface area contributed by atoms with Gasteiger partial charge in [0, 0.05) is 0 Å². The molecule has 1 unspecified atom stereocenters. The maximum Gasteiger partial charge on any atom is -0.0443 e. The summed E-state index contributed by atoms with van der Waals surface area (Å²) >= 11 is 0. The highest BCUT2D eigenvalue weighted by Gasteiger charge is 2.02. The number of rotatable bonds is 37. The standard InChI is InChI=1S/C41H84/c1-4-6-8-10-12-14-16-17-18-19-20-21-22-23-24-25-26-27-28-30-32-34-36-38-40-41(3)39-37-35-33-31-29-15-13-11-9-7-5-2/h41H,4-40H2,1-3H3. The summed E-state index contributed by atoms with van der Waals surface area (Å²) in [6.45, 7) is 7.13. The fourth-order valence-electron chi connectivity index (χ4n) is 6.76. The van der Waals surface area contributed by atoms with Gasteiger partial charge in [-0.15, -0.1) is 0 Å². The molecular weight excluding hydrogens is 492 g/mol. The molecule has 0 fully saturated rings. The normalized spacial score (nSPS) is 12.4. The Labute approximate surface area is 263 Å². The van der Waals surface area contributed by atoms with Crippen LogP contribution in [0.5, 0.6) is 0 Å². The van der Waals surface area contributed by atoms with Gasteiger partial charge in [0.1, 0.15) is 0 Å². The molecule has 41 heavy (non-hydrogen) atoms. The van der Waals surface area contributed by atoms with Crippen LogP contribution in [0.4, 0.5) is 0 Å². The summed E-state index contributed by atoms with van der Waals surface area (Å²) in [6.07, 6.45) is 54.7. The molecule has 0 saturated carbocycles. The second-order valence-electron chi connectivity index (χ2n) is 14.3. The van der Waals surface area contributed by atoms with Crippen LogP contribution >= 0.6 is 0 Å². The van der Waals surface area contributed by atoms with E-state index in [2.05, 4.69) is 20.8 Å². The van der Waals surface area contributed by atoms with Gasteiger partial charge in [0.05, 0.1) is 0 Å². The molecule has 0 aliphatic rings. The zero-order chi connectivity index (χ0) is 29.7. The molecule has 0 amide bonds. The molecule has 0 aromatic rings. The summed E-state index contributed by atoms with van der Waals surface area (Å²) in [6, 6.07) is 0. The zero-order valence-corrected chi connectivity index (χ0v) is 29.7. The Morgan fingerprint density at radius 1 is 0.220 bits per heavy atom. The van der Waals surface area contributed by atoms with Crippen molar-refractivity contribution >= 4 is 0 Å². The fraction of sp³-hybridized carbons (Fsp3) is 1.00.